The Morgan fingerprint density at radius 1 is 0.938 bits per heavy atom. The maximum Gasteiger partial charge on any atom is 0.237 e. The molecule has 32 heavy (non-hydrogen) atoms. The molecule has 2 N–H and O–H groups in total. The third-order valence-electron chi connectivity index (χ3n) is 6.57. The monoisotopic (exact) mass is 428 g/mol. The maximum atomic E-state index is 13.1. The van der Waals surface area contributed by atoms with Crippen LogP contribution in [0.4, 0.5) is 0 Å². The van der Waals surface area contributed by atoms with Crippen LogP contribution in [0, 0.1) is 5.92 Å². The van der Waals surface area contributed by atoms with Crippen LogP contribution in [-0.4, -0.2) is 24.1 Å². The first-order chi connectivity index (χ1) is 15.7. The number of nitrogens with zero attached hydrogens (tertiary/aromatic N) is 1. The van der Waals surface area contributed by atoms with E-state index in [4.69, 9.17) is 15.2 Å². The van der Waals surface area contributed by atoms with Crippen molar-refractivity contribution < 1.29 is 14.3 Å². The lowest BCUT2D eigenvalue weighted by atomic mass is 9.76. The molecule has 2 atom stereocenters. The highest BCUT2D eigenvalue weighted by molar-refractivity contribution is 5.78. The van der Waals surface area contributed by atoms with Gasteiger partial charge in [0.2, 0.25) is 12.7 Å². The minimum Gasteiger partial charge on any atom is -0.454 e. The number of carbonyl (C=O) groups is 1. The van der Waals surface area contributed by atoms with Gasteiger partial charge in [0, 0.05) is 6.54 Å². The molecule has 0 bridgehead atoms. The largest absolute Gasteiger partial charge is 0.454 e. The van der Waals surface area contributed by atoms with Crippen molar-refractivity contribution in [3.63, 3.8) is 0 Å². The first-order valence-corrected chi connectivity index (χ1v) is 11.2. The average Bonchev–Trinajstić information content (AvgIpc) is 3.31. The van der Waals surface area contributed by atoms with Gasteiger partial charge in [-0.25, -0.2) is 0 Å². The highest BCUT2D eigenvalue weighted by Crippen LogP contribution is 2.42. The number of benzene rings is 3. The van der Waals surface area contributed by atoms with E-state index in [9.17, 15) is 4.79 Å². The summed E-state index contributed by atoms with van der Waals surface area (Å²) >= 11 is 0. The van der Waals surface area contributed by atoms with E-state index in [2.05, 4.69) is 48.5 Å². The molecule has 3 aromatic carbocycles. The molecule has 0 saturated heterocycles. The molecule has 0 fully saturated rings. The quantitative estimate of drug-likeness (QED) is 0.638. The topological polar surface area (TPSA) is 64.8 Å². The van der Waals surface area contributed by atoms with Crippen LogP contribution >= 0.6 is 0 Å². The van der Waals surface area contributed by atoms with Crippen molar-refractivity contribution in [1.29, 1.82) is 0 Å². The van der Waals surface area contributed by atoms with Crippen molar-refractivity contribution in [2.75, 3.05) is 13.3 Å². The SMILES string of the molecule is NCC(=O)N(Cc1ccccc1)C1c2ccccc2CCC1Cc1ccc2c(c1)OCO2. The number of ether oxygens (including phenoxy) is 2. The van der Waals surface area contributed by atoms with Crippen LogP contribution < -0.4 is 15.2 Å². The van der Waals surface area contributed by atoms with Gasteiger partial charge in [0.25, 0.3) is 0 Å². The number of nitrogens with two attached hydrogens (primary N) is 1. The summed E-state index contributed by atoms with van der Waals surface area (Å²) in [5, 5.41) is 0. The summed E-state index contributed by atoms with van der Waals surface area (Å²) < 4.78 is 11.1. The Hall–Kier alpha value is -3.31. The van der Waals surface area contributed by atoms with Crippen LogP contribution in [-0.2, 0) is 24.2 Å². The molecule has 5 heteroatoms. The number of aryl methyl sites for hydroxylation is 1. The second kappa shape index (κ2) is 9.05. The predicted molar refractivity (Wildman–Crippen MR) is 123 cm³/mol. The summed E-state index contributed by atoms with van der Waals surface area (Å²) in [6.45, 7) is 0.823. The average molecular weight is 429 g/mol. The van der Waals surface area contributed by atoms with Crippen LogP contribution in [0.15, 0.2) is 72.8 Å². The van der Waals surface area contributed by atoms with Crippen LogP contribution in [0.5, 0.6) is 11.5 Å². The molecule has 1 aliphatic carbocycles. The minimum atomic E-state index is -0.0263. The summed E-state index contributed by atoms with van der Waals surface area (Å²) in [7, 11) is 0. The number of carbonyl (C=O) groups excluding carboxylic acids is 1. The summed E-state index contributed by atoms with van der Waals surface area (Å²) in [6.07, 6.45) is 2.88. The molecule has 2 aliphatic rings. The van der Waals surface area contributed by atoms with Gasteiger partial charge in [-0.2, -0.15) is 0 Å². The van der Waals surface area contributed by atoms with Gasteiger partial charge in [-0.3, -0.25) is 4.79 Å². The van der Waals surface area contributed by atoms with Gasteiger partial charge in [0.15, 0.2) is 11.5 Å². The van der Waals surface area contributed by atoms with E-state index < -0.39 is 0 Å². The molecule has 0 radical (unpaired) electrons. The second-order valence-corrected chi connectivity index (χ2v) is 8.55. The van der Waals surface area contributed by atoms with Gasteiger partial charge >= 0.3 is 0 Å². The molecule has 1 amide bonds. The molecule has 5 nitrogen and oxygen atoms in total. The first kappa shape index (κ1) is 20.6. The fourth-order valence-corrected chi connectivity index (χ4v) is 5.05. The molecular formula is C27H28N2O3. The number of amides is 1. The van der Waals surface area contributed by atoms with Crippen molar-refractivity contribution in [3.8, 4) is 11.5 Å². The summed E-state index contributed by atoms with van der Waals surface area (Å²) in [5.41, 5.74) is 10.8. The Morgan fingerprint density at radius 3 is 2.56 bits per heavy atom. The maximum absolute atomic E-state index is 13.1. The molecular weight excluding hydrogens is 400 g/mol. The molecule has 1 aliphatic heterocycles. The van der Waals surface area contributed by atoms with Gasteiger partial charge in [0.1, 0.15) is 0 Å². The Morgan fingerprint density at radius 2 is 1.72 bits per heavy atom. The van der Waals surface area contributed by atoms with E-state index in [1.165, 1.54) is 16.7 Å². The van der Waals surface area contributed by atoms with Crippen LogP contribution in [0.2, 0.25) is 0 Å². The first-order valence-electron chi connectivity index (χ1n) is 11.2. The fourth-order valence-electron chi connectivity index (χ4n) is 5.05. The van der Waals surface area contributed by atoms with Gasteiger partial charge in [-0.05, 0) is 59.6 Å². The Balaban J connectivity index is 1.51. The van der Waals surface area contributed by atoms with E-state index >= 15 is 0 Å². The highest BCUT2D eigenvalue weighted by atomic mass is 16.7. The van der Waals surface area contributed by atoms with E-state index in [0.29, 0.717) is 6.54 Å². The minimum absolute atomic E-state index is 0.00223. The Labute approximate surface area is 188 Å². The van der Waals surface area contributed by atoms with Crippen molar-refractivity contribution in [2.45, 2.75) is 31.8 Å². The fraction of sp³-hybridized carbons (Fsp3) is 0.296. The molecule has 3 aromatic rings. The number of rotatable bonds is 6. The van der Waals surface area contributed by atoms with Crippen molar-refractivity contribution in [1.82, 2.24) is 4.90 Å². The summed E-state index contributed by atoms with van der Waals surface area (Å²) in [5.74, 6) is 1.86. The molecule has 0 spiro atoms. The molecule has 5 rings (SSSR count). The normalized spacial score (nSPS) is 18.8. The summed E-state index contributed by atoms with van der Waals surface area (Å²) in [4.78, 5) is 15.1. The zero-order valence-corrected chi connectivity index (χ0v) is 18.1. The molecule has 1 heterocycles. The third-order valence-corrected chi connectivity index (χ3v) is 6.57. The Kier molecular flexibility index (Phi) is 5.82. The molecule has 0 aromatic heterocycles. The smallest absolute Gasteiger partial charge is 0.237 e. The highest BCUT2D eigenvalue weighted by Gasteiger charge is 2.36. The van der Waals surface area contributed by atoms with Crippen LogP contribution in [0.1, 0.15) is 34.7 Å². The van der Waals surface area contributed by atoms with Crippen molar-refractivity contribution in [3.05, 3.63) is 95.1 Å². The van der Waals surface area contributed by atoms with Gasteiger partial charge in [0.05, 0.1) is 12.6 Å². The number of hydrogen-bond acceptors (Lipinski definition) is 4. The van der Waals surface area contributed by atoms with Crippen molar-refractivity contribution in [2.24, 2.45) is 11.7 Å². The number of fused-ring (bicyclic) bond motifs is 2. The van der Waals surface area contributed by atoms with E-state index in [0.717, 1.165) is 36.3 Å². The molecule has 164 valence electrons. The van der Waals surface area contributed by atoms with Crippen LogP contribution in [0.25, 0.3) is 0 Å². The summed E-state index contributed by atoms with van der Waals surface area (Å²) in [6, 6.07) is 24.8. The van der Waals surface area contributed by atoms with Gasteiger partial charge in [-0.15, -0.1) is 0 Å². The standard InChI is InChI=1S/C27H28N2O3/c28-16-26(30)29(17-19-6-2-1-3-7-19)27-22(12-11-21-8-4-5-9-23(21)27)14-20-10-13-24-25(15-20)32-18-31-24/h1-10,13,15,22,27H,11-12,14,16-18,28H2. The van der Waals surface area contributed by atoms with E-state index in [1.807, 2.05) is 29.2 Å². The second-order valence-electron chi connectivity index (χ2n) is 8.55. The lowest BCUT2D eigenvalue weighted by molar-refractivity contribution is -0.134. The van der Waals surface area contributed by atoms with Gasteiger partial charge < -0.3 is 20.1 Å². The molecule has 0 saturated carbocycles. The zero-order valence-electron chi connectivity index (χ0n) is 18.1. The van der Waals surface area contributed by atoms with Crippen molar-refractivity contribution >= 4 is 5.91 Å². The van der Waals surface area contributed by atoms with E-state index in [-0.39, 0.29) is 31.2 Å². The van der Waals surface area contributed by atoms with Gasteiger partial charge in [-0.1, -0.05) is 60.7 Å². The van der Waals surface area contributed by atoms with Crippen LogP contribution in [0.3, 0.4) is 0 Å². The van der Waals surface area contributed by atoms with E-state index in [1.54, 1.807) is 0 Å². The molecule has 2 unspecified atom stereocenters. The zero-order chi connectivity index (χ0) is 21.9. The number of hydrogen-bond donors (Lipinski definition) is 1. The lowest BCUT2D eigenvalue weighted by Gasteiger charge is -2.41. The lowest BCUT2D eigenvalue weighted by Crippen LogP contribution is -2.43. The predicted octanol–water partition coefficient (Wildman–Crippen LogP) is 4.25. The Bertz CT molecular complexity index is 1100. The third kappa shape index (κ3) is 4.08.